The van der Waals surface area contributed by atoms with Crippen LogP contribution in [0.2, 0.25) is 0 Å². The number of carbonyl (C=O) groups excluding carboxylic acids is 2. The third-order valence-corrected chi connectivity index (χ3v) is 3.08. The Hall–Kier alpha value is -2.28. The molecule has 7 heteroatoms. The van der Waals surface area contributed by atoms with Crippen molar-refractivity contribution in [2.24, 2.45) is 11.5 Å². The van der Waals surface area contributed by atoms with Gasteiger partial charge in [-0.05, 0) is 18.2 Å². The van der Waals surface area contributed by atoms with E-state index in [0.29, 0.717) is 30.1 Å². The molecule has 1 unspecified atom stereocenters. The van der Waals surface area contributed by atoms with Crippen LogP contribution in [0, 0.1) is 0 Å². The molecular formula is C12H16N4O3. The number of nitrogens with zero attached hydrogens (tertiary/aromatic N) is 1. The van der Waals surface area contributed by atoms with E-state index in [9.17, 15) is 9.59 Å². The Kier molecular flexibility index (Phi) is 3.57. The summed E-state index contributed by atoms with van der Waals surface area (Å²) >= 11 is 0. The summed E-state index contributed by atoms with van der Waals surface area (Å²) in [4.78, 5) is 24.3. The number of anilines is 2. The number of amides is 2. The number of nitrogen functional groups attached to an aromatic ring is 1. The summed E-state index contributed by atoms with van der Waals surface area (Å²) in [5.74, 6) is -1.02. The number of benzene rings is 1. The van der Waals surface area contributed by atoms with Crippen LogP contribution in [-0.2, 0) is 9.53 Å². The van der Waals surface area contributed by atoms with E-state index in [2.05, 4.69) is 0 Å². The molecule has 6 N–H and O–H groups in total. The lowest BCUT2D eigenvalue weighted by Gasteiger charge is -2.36. The molecule has 1 saturated heterocycles. The number of morpholine rings is 1. The van der Waals surface area contributed by atoms with Crippen molar-refractivity contribution in [3.63, 3.8) is 0 Å². The molecule has 0 spiro atoms. The summed E-state index contributed by atoms with van der Waals surface area (Å²) in [5.41, 5.74) is 17.8. The van der Waals surface area contributed by atoms with Crippen LogP contribution in [0.3, 0.4) is 0 Å². The molecule has 1 atom stereocenters. The third kappa shape index (κ3) is 2.60. The first-order chi connectivity index (χ1) is 9.00. The number of hydrogen-bond acceptors (Lipinski definition) is 5. The zero-order chi connectivity index (χ0) is 14.0. The fraction of sp³-hybridized carbons (Fsp3) is 0.333. The monoisotopic (exact) mass is 264 g/mol. The van der Waals surface area contributed by atoms with Crippen LogP contribution >= 0.6 is 0 Å². The van der Waals surface area contributed by atoms with Crippen molar-refractivity contribution in [2.45, 2.75) is 6.04 Å². The Labute approximate surface area is 110 Å². The van der Waals surface area contributed by atoms with Crippen LogP contribution in [-0.4, -0.2) is 37.6 Å². The Bertz CT molecular complexity index is 518. The molecule has 0 bridgehead atoms. The molecule has 1 aliphatic heterocycles. The summed E-state index contributed by atoms with van der Waals surface area (Å²) in [6.07, 6.45) is 0. The average Bonchev–Trinajstić information content (AvgIpc) is 2.38. The number of ether oxygens (including phenoxy) is 1. The summed E-state index contributed by atoms with van der Waals surface area (Å²) in [6, 6.07) is 4.17. The maximum absolute atomic E-state index is 11.4. The van der Waals surface area contributed by atoms with Gasteiger partial charge in [0.05, 0.1) is 24.6 Å². The largest absolute Gasteiger partial charge is 0.397 e. The molecule has 0 saturated carbocycles. The maximum Gasteiger partial charge on any atom is 0.248 e. The zero-order valence-electron chi connectivity index (χ0n) is 10.3. The number of hydrogen-bond donors (Lipinski definition) is 3. The van der Waals surface area contributed by atoms with Crippen molar-refractivity contribution in [1.29, 1.82) is 0 Å². The quantitative estimate of drug-likeness (QED) is 0.607. The van der Waals surface area contributed by atoms with Gasteiger partial charge in [0.1, 0.15) is 6.04 Å². The molecule has 7 nitrogen and oxygen atoms in total. The van der Waals surface area contributed by atoms with Gasteiger partial charge in [-0.2, -0.15) is 0 Å². The van der Waals surface area contributed by atoms with Gasteiger partial charge < -0.3 is 26.8 Å². The van der Waals surface area contributed by atoms with E-state index in [1.54, 1.807) is 17.0 Å². The van der Waals surface area contributed by atoms with Crippen LogP contribution in [0.4, 0.5) is 11.4 Å². The molecule has 1 aliphatic rings. The average molecular weight is 264 g/mol. The Morgan fingerprint density at radius 2 is 2.05 bits per heavy atom. The standard InChI is InChI=1S/C12H16N4O3/c13-8-5-7(11(14)17)1-2-9(8)16-3-4-19-6-10(16)12(15)18/h1-2,5,10H,3-4,6,13H2,(H2,14,17)(H2,15,18). The number of nitrogens with two attached hydrogens (primary N) is 3. The van der Waals surface area contributed by atoms with Crippen LogP contribution in [0.15, 0.2) is 18.2 Å². The summed E-state index contributed by atoms with van der Waals surface area (Å²) in [6.45, 7) is 1.22. The minimum atomic E-state index is -0.560. The predicted octanol–water partition coefficient (Wildman–Crippen LogP) is -0.942. The van der Waals surface area contributed by atoms with Crippen molar-refractivity contribution in [1.82, 2.24) is 0 Å². The maximum atomic E-state index is 11.4. The highest BCUT2D eigenvalue weighted by molar-refractivity contribution is 5.95. The number of rotatable bonds is 3. The molecule has 1 aromatic rings. The van der Waals surface area contributed by atoms with E-state index in [1.165, 1.54) is 6.07 Å². The molecule has 19 heavy (non-hydrogen) atoms. The van der Waals surface area contributed by atoms with Gasteiger partial charge in [0.2, 0.25) is 11.8 Å². The summed E-state index contributed by atoms with van der Waals surface area (Å²) in [5, 5.41) is 0. The van der Waals surface area contributed by atoms with E-state index in [0.717, 1.165) is 0 Å². The normalized spacial score (nSPS) is 19.2. The lowest BCUT2D eigenvalue weighted by atomic mass is 10.1. The first kappa shape index (κ1) is 13.2. The molecule has 1 heterocycles. The third-order valence-electron chi connectivity index (χ3n) is 3.08. The predicted molar refractivity (Wildman–Crippen MR) is 70.5 cm³/mol. The van der Waals surface area contributed by atoms with E-state index in [1.807, 2.05) is 0 Å². The molecule has 0 aromatic heterocycles. The van der Waals surface area contributed by atoms with Gasteiger partial charge in [-0.3, -0.25) is 9.59 Å². The highest BCUT2D eigenvalue weighted by Crippen LogP contribution is 2.27. The first-order valence-electron chi connectivity index (χ1n) is 5.83. The Balaban J connectivity index is 2.34. The Morgan fingerprint density at radius 1 is 1.32 bits per heavy atom. The number of primary amides is 2. The molecule has 0 aliphatic carbocycles. The topological polar surface area (TPSA) is 125 Å². The van der Waals surface area contributed by atoms with E-state index in [4.69, 9.17) is 21.9 Å². The van der Waals surface area contributed by atoms with Gasteiger partial charge >= 0.3 is 0 Å². The molecular weight excluding hydrogens is 248 g/mol. The zero-order valence-corrected chi connectivity index (χ0v) is 10.3. The molecule has 1 fully saturated rings. The highest BCUT2D eigenvalue weighted by Gasteiger charge is 2.29. The van der Waals surface area contributed by atoms with Crippen LogP contribution in [0.25, 0.3) is 0 Å². The fourth-order valence-corrected chi connectivity index (χ4v) is 2.10. The Morgan fingerprint density at radius 3 is 2.63 bits per heavy atom. The van der Waals surface area contributed by atoms with Gasteiger partial charge in [-0.1, -0.05) is 0 Å². The summed E-state index contributed by atoms with van der Waals surface area (Å²) in [7, 11) is 0. The lowest BCUT2D eigenvalue weighted by molar-refractivity contribution is -0.121. The summed E-state index contributed by atoms with van der Waals surface area (Å²) < 4.78 is 5.24. The smallest absolute Gasteiger partial charge is 0.248 e. The van der Waals surface area contributed by atoms with E-state index in [-0.39, 0.29) is 6.61 Å². The minimum Gasteiger partial charge on any atom is -0.397 e. The van der Waals surface area contributed by atoms with Crippen LogP contribution in [0.1, 0.15) is 10.4 Å². The van der Waals surface area contributed by atoms with Crippen LogP contribution < -0.4 is 22.1 Å². The van der Waals surface area contributed by atoms with Crippen LogP contribution in [0.5, 0.6) is 0 Å². The van der Waals surface area contributed by atoms with Gasteiger partial charge in [-0.25, -0.2) is 0 Å². The second-order valence-electron chi connectivity index (χ2n) is 4.32. The second kappa shape index (κ2) is 5.15. The molecule has 102 valence electrons. The molecule has 0 radical (unpaired) electrons. The molecule has 2 amide bonds. The fourth-order valence-electron chi connectivity index (χ4n) is 2.10. The van der Waals surface area contributed by atoms with E-state index < -0.39 is 17.9 Å². The van der Waals surface area contributed by atoms with Gasteiger partial charge in [0.15, 0.2) is 0 Å². The van der Waals surface area contributed by atoms with Crippen molar-refractivity contribution in [2.75, 3.05) is 30.4 Å². The SMILES string of the molecule is NC(=O)c1ccc(N2CCOCC2C(N)=O)c(N)c1. The van der Waals surface area contributed by atoms with E-state index >= 15 is 0 Å². The van der Waals surface area contributed by atoms with Crippen molar-refractivity contribution in [3.8, 4) is 0 Å². The highest BCUT2D eigenvalue weighted by atomic mass is 16.5. The molecule has 1 aromatic carbocycles. The van der Waals surface area contributed by atoms with Gasteiger partial charge in [-0.15, -0.1) is 0 Å². The second-order valence-corrected chi connectivity index (χ2v) is 4.32. The van der Waals surface area contributed by atoms with Crippen molar-refractivity contribution >= 4 is 23.2 Å². The number of carbonyl (C=O) groups is 2. The van der Waals surface area contributed by atoms with Crippen molar-refractivity contribution < 1.29 is 14.3 Å². The lowest BCUT2D eigenvalue weighted by Crippen LogP contribution is -2.52. The molecule has 2 rings (SSSR count). The van der Waals surface area contributed by atoms with Crippen molar-refractivity contribution in [3.05, 3.63) is 23.8 Å². The van der Waals surface area contributed by atoms with Gasteiger partial charge in [0, 0.05) is 12.1 Å². The first-order valence-corrected chi connectivity index (χ1v) is 5.83. The van der Waals surface area contributed by atoms with Gasteiger partial charge in [0.25, 0.3) is 0 Å². The minimum absolute atomic E-state index is 0.229.